The highest BCUT2D eigenvalue weighted by Gasteiger charge is 2.04. The van der Waals surface area contributed by atoms with Crippen LogP contribution in [-0.2, 0) is 6.54 Å². The third-order valence-corrected chi connectivity index (χ3v) is 4.74. The zero-order valence-electron chi connectivity index (χ0n) is 15.6. The van der Waals surface area contributed by atoms with E-state index in [1.165, 1.54) is 31.2 Å². The Bertz CT molecular complexity index is 735. The molecule has 0 atom stereocenters. The number of nitrogens with one attached hydrogen (secondary N) is 2. The van der Waals surface area contributed by atoms with Crippen LogP contribution in [0.25, 0.3) is 11.0 Å². The Labute approximate surface area is 173 Å². The summed E-state index contributed by atoms with van der Waals surface area (Å²) in [5.41, 5.74) is 3.86. The maximum atomic E-state index is 4.43. The van der Waals surface area contributed by atoms with E-state index >= 15 is 0 Å². The highest BCUT2D eigenvalue weighted by atomic mass is 127. The van der Waals surface area contributed by atoms with Crippen LogP contribution in [0.1, 0.15) is 38.5 Å². The fourth-order valence-electron chi connectivity index (χ4n) is 3.34. The quantitative estimate of drug-likeness (QED) is 0.212. The van der Waals surface area contributed by atoms with Crippen LogP contribution in [0.4, 0.5) is 0 Å². The summed E-state index contributed by atoms with van der Waals surface area (Å²) in [5.74, 6) is 0.895. The van der Waals surface area contributed by atoms with Crippen LogP contribution in [0.15, 0.2) is 47.2 Å². The van der Waals surface area contributed by atoms with E-state index < -0.39 is 0 Å². The van der Waals surface area contributed by atoms with Gasteiger partial charge in [0.1, 0.15) is 0 Å². The van der Waals surface area contributed by atoms with Crippen molar-refractivity contribution >= 4 is 41.0 Å². The smallest absolute Gasteiger partial charge is 0.190 e. The van der Waals surface area contributed by atoms with Crippen LogP contribution in [0.5, 0.6) is 0 Å². The maximum absolute atomic E-state index is 4.43. The summed E-state index contributed by atoms with van der Waals surface area (Å²) in [5, 5.41) is 6.82. The van der Waals surface area contributed by atoms with Crippen molar-refractivity contribution in [2.45, 2.75) is 45.1 Å². The van der Waals surface area contributed by atoms with Gasteiger partial charge in [-0.15, -0.1) is 24.0 Å². The molecule has 2 N–H and O–H groups in total. The lowest BCUT2D eigenvalue weighted by molar-refractivity contribution is 0.633. The van der Waals surface area contributed by atoms with Gasteiger partial charge < -0.3 is 15.2 Å². The molecule has 5 nitrogen and oxygen atoms in total. The molecule has 1 aliphatic rings. The molecule has 0 bridgehead atoms. The van der Waals surface area contributed by atoms with Crippen molar-refractivity contribution in [3.8, 4) is 0 Å². The van der Waals surface area contributed by atoms with Gasteiger partial charge in [-0.1, -0.05) is 23.8 Å². The number of benzene rings is 1. The van der Waals surface area contributed by atoms with Crippen molar-refractivity contribution in [1.29, 1.82) is 0 Å². The molecule has 1 heterocycles. The first-order valence-corrected chi connectivity index (χ1v) is 9.39. The Morgan fingerprint density at radius 1 is 1.19 bits per heavy atom. The predicted octanol–water partition coefficient (Wildman–Crippen LogP) is 4.10. The number of nitrogens with zero attached hydrogens (tertiary/aromatic N) is 3. The van der Waals surface area contributed by atoms with E-state index in [9.17, 15) is 0 Å². The molecule has 6 heteroatoms. The van der Waals surface area contributed by atoms with Gasteiger partial charge in [0.2, 0.25) is 0 Å². The van der Waals surface area contributed by atoms with Gasteiger partial charge in [0, 0.05) is 26.7 Å². The van der Waals surface area contributed by atoms with Crippen molar-refractivity contribution in [3.05, 3.63) is 42.2 Å². The molecule has 0 saturated heterocycles. The van der Waals surface area contributed by atoms with Gasteiger partial charge in [0.05, 0.1) is 17.4 Å². The fourth-order valence-corrected chi connectivity index (χ4v) is 3.34. The van der Waals surface area contributed by atoms with E-state index in [2.05, 4.69) is 49.5 Å². The van der Waals surface area contributed by atoms with E-state index in [1.54, 1.807) is 5.57 Å². The number of hydrogen-bond acceptors (Lipinski definition) is 2. The SMILES string of the molecule is CN=C(NCCCn1cnc2ccccc21)NCCC1=CCCCC1.I. The lowest BCUT2D eigenvalue weighted by atomic mass is 9.97. The Morgan fingerprint density at radius 3 is 2.85 bits per heavy atom. The molecular weight excluding hydrogens is 437 g/mol. The molecule has 0 spiro atoms. The third-order valence-electron chi connectivity index (χ3n) is 4.74. The predicted molar refractivity (Wildman–Crippen MR) is 120 cm³/mol. The van der Waals surface area contributed by atoms with E-state index in [1.807, 2.05) is 19.4 Å². The lowest BCUT2D eigenvalue weighted by Crippen LogP contribution is -2.38. The average molecular weight is 467 g/mol. The number of fused-ring (bicyclic) bond motifs is 1. The molecular formula is C20H30IN5. The van der Waals surface area contributed by atoms with Crippen molar-refractivity contribution in [1.82, 2.24) is 20.2 Å². The minimum absolute atomic E-state index is 0. The molecule has 0 unspecified atom stereocenters. The highest BCUT2D eigenvalue weighted by molar-refractivity contribution is 14.0. The van der Waals surface area contributed by atoms with Crippen LogP contribution in [0.2, 0.25) is 0 Å². The Kier molecular flexibility index (Phi) is 8.94. The van der Waals surface area contributed by atoms with Gasteiger partial charge in [-0.05, 0) is 50.7 Å². The van der Waals surface area contributed by atoms with Crippen molar-refractivity contribution in [2.24, 2.45) is 4.99 Å². The number of para-hydroxylation sites is 2. The van der Waals surface area contributed by atoms with Crippen molar-refractivity contribution < 1.29 is 0 Å². The summed E-state index contributed by atoms with van der Waals surface area (Å²) in [7, 11) is 1.83. The standard InChI is InChI=1S/C20H29N5.HI/c1-21-20(23-14-12-17-8-3-2-4-9-17)22-13-7-15-25-16-24-18-10-5-6-11-19(18)25;/h5-6,8,10-11,16H,2-4,7,9,12-15H2,1H3,(H2,21,22,23);1H. The summed E-state index contributed by atoms with van der Waals surface area (Å²) in [6.07, 6.45) is 11.7. The molecule has 1 aromatic carbocycles. The van der Waals surface area contributed by atoms with Gasteiger partial charge in [-0.3, -0.25) is 4.99 Å². The maximum Gasteiger partial charge on any atom is 0.190 e. The number of aromatic nitrogens is 2. The number of allylic oxidation sites excluding steroid dienone is 1. The molecule has 3 rings (SSSR count). The number of halogens is 1. The van der Waals surface area contributed by atoms with Crippen LogP contribution in [0, 0.1) is 0 Å². The molecule has 0 fully saturated rings. The lowest BCUT2D eigenvalue weighted by Gasteiger charge is -2.15. The second-order valence-corrected chi connectivity index (χ2v) is 6.56. The molecule has 2 aromatic rings. The summed E-state index contributed by atoms with van der Waals surface area (Å²) in [4.78, 5) is 8.75. The molecule has 1 aromatic heterocycles. The van der Waals surface area contributed by atoms with Gasteiger partial charge in [0.15, 0.2) is 5.96 Å². The third kappa shape index (κ3) is 6.00. The van der Waals surface area contributed by atoms with Gasteiger partial charge >= 0.3 is 0 Å². The van der Waals surface area contributed by atoms with E-state index in [0.29, 0.717) is 0 Å². The first kappa shape index (κ1) is 20.7. The normalized spacial score (nSPS) is 14.7. The molecule has 26 heavy (non-hydrogen) atoms. The van der Waals surface area contributed by atoms with Crippen LogP contribution >= 0.6 is 24.0 Å². The number of aryl methyl sites for hydroxylation is 1. The first-order valence-electron chi connectivity index (χ1n) is 9.39. The number of rotatable bonds is 7. The fraction of sp³-hybridized carbons (Fsp3) is 0.500. The largest absolute Gasteiger partial charge is 0.356 e. The van der Waals surface area contributed by atoms with Gasteiger partial charge in [0.25, 0.3) is 0 Å². The summed E-state index contributed by atoms with van der Waals surface area (Å²) in [6.45, 7) is 2.81. The highest BCUT2D eigenvalue weighted by Crippen LogP contribution is 2.19. The van der Waals surface area contributed by atoms with E-state index in [4.69, 9.17) is 0 Å². The topological polar surface area (TPSA) is 54.2 Å². The van der Waals surface area contributed by atoms with Gasteiger partial charge in [-0.2, -0.15) is 0 Å². The number of hydrogen-bond donors (Lipinski definition) is 2. The second kappa shape index (κ2) is 11.2. The first-order chi connectivity index (χ1) is 12.4. The minimum Gasteiger partial charge on any atom is -0.356 e. The Hall–Kier alpha value is -1.57. The number of guanidine groups is 1. The molecule has 1 aliphatic carbocycles. The summed E-state index contributed by atoms with van der Waals surface area (Å²) in [6, 6.07) is 8.26. The Morgan fingerprint density at radius 2 is 2.04 bits per heavy atom. The van der Waals surface area contributed by atoms with Crippen molar-refractivity contribution in [3.63, 3.8) is 0 Å². The van der Waals surface area contributed by atoms with E-state index in [0.717, 1.165) is 44.0 Å². The van der Waals surface area contributed by atoms with Gasteiger partial charge in [-0.25, -0.2) is 4.98 Å². The minimum atomic E-state index is 0. The molecule has 0 saturated carbocycles. The number of imidazole rings is 1. The zero-order valence-corrected chi connectivity index (χ0v) is 17.9. The zero-order chi connectivity index (χ0) is 17.3. The molecule has 0 aliphatic heterocycles. The van der Waals surface area contributed by atoms with Crippen LogP contribution in [-0.4, -0.2) is 35.6 Å². The summed E-state index contributed by atoms with van der Waals surface area (Å²) < 4.78 is 2.21. The molecule has 142 valence electrons. The van der Waals surface area contributed by atoms with Crippen LogP contribution in [0.3, 0.4) is 0 Å². The number of aliphatic imine (C=N–C) groups is 1. The summed E-state index contributed by atoms with van der Waals surface area (Å²) >= 11 is 0. The second-order valence-electron chi connectivity index (χ2n) is 6.56. The van der Waals surface area contributed by atoms with E-state index in [-0.39, 0.29) is 24.0 Å². The Balaban J connectivity index is 0.00000243. The van der Waals surface area contributed by atoms with Crippen LogP contribution < -0.4 is 10.6 Å². The molecule has 0 amide bonds. The van der Waals surface area contributed by atoms with Crippen molar-refractivity contribution in [2.75, 3.05) is 20.1 Å². The molecule has 0 radical (unpaired) electrons. The monoisotopic (exact) mass is 467 g/mol. The average Bonchev–Trinajstić information content (AvgIpc) is 3.08.